The molecule has 1 unspecified atom stereocenters. The Hall–Kier alpha value is -1.55. The van der Waals surface area contributed by atoms with Gasteiger partial charge in [0.25, 0.3) is 0 Å². The Labute approximate surface area is 102 Å². The van der Waals surface area contributed by atoms with E-state index >= 15 is 0 Å². The average Bonchev–Trinajstić information content (AvgIpc) is 2.39. The normalized spacial score (nSPS) is 20.1. The molecule has 0 saturated carbocycles. The summed E-state index contributed by atoms with van der Waals surface area (Å²) in [5.41, 5.74) is 1.16. The number of hydrogen-bond donors (Lipinski definition) is 1. The van der Waals surface area contributed by atoms with Crippen LogP contribution in [0.5, 0.6) is 5.75 Å². The summed E-state index contributed by atoms with van der Waals surface area (Å²) in [7, 11) is 1.66. The van der Waals surface area contributed by atoms with Crippen LogP contribution < -0.4 is 10.1 Å². The van der Waals surface area contributed by atoms with Crippen molar-refractivity contribution in [1.29, 1.82) is 0 Å². The molecule has 1 heterocycles. The Morgan fingerprint density at radius 2 is 2.35 bits per heavy atom. The molecule has 1 aromatic rings. The molecule has 1 fully saturated rings. The van der Waals surface area contributed by atoms with Crippen LogP contribution in [0.2, 0.25) is 0 Å². The average molecular weight is 234 g/mol. The summed E-state index contributed by atoms with van der Waals surface area (Å²) in [5.74, 6) is 0.989. The molecule has 92 valence electrons. The molecule has 4 heteroatoms. The Morgan fingerprint density at radius 1 is 1.53 bits per heavy atom. The number of carbonyl (C=O) groups excluding carboxylic acids is 1. The van der Waals surface area contributed by atoms with Gasteiger partial charge in [0.15, 0.2) is 0 Å². The topological polar surface area (TPSA) is 41.6 Å². The molecule has 2 rings (SSSR count). The van der Waals surface area contributed by atoms with Gasteiger partial charge in [-0.25, -0.2) is 0 Å². The molecule has 1 aliphatic heterocycles. The molecule has 0 aromatic heterocycles. The molecule has 0 spiro atoms. The number of amides is 1. The summed E-state index contributed by atoms with van der Waals surface area (Å²) in [4.78, 5) is 13.2. The van der Waals surface area contributed by atoms with Crippen molar-refractivity contribution in [2.45, 2.75) is 13.0 Å². The zero-order chi connectivity index (χ0) is 12.3. The molecule has 1 aliphatic rings. The van der Waals surface area contributed by atoms with Crippen LogP contribution in [0.1, 0.15) is 18.5 Å². The smallest absolute Gasteiger partial charge is 0.219 e. The van der Waals surface area contributed by atoms with Gasteiger partial charge in [-0.15, -0.1) is 0 Å². The summed E-state index contributed by atoms with van der Waals surface area (Å²) < 4.78 is 5.21. The van der Waals surface area contributed by atoms with Gasteiger partial charge >= 0.3 is 0 Å². The molecular formula is C13H18N2O2. The minimum atomic E-state index is 0.138. The molecule has 1 saturated heterocycles. The lowest BCUT2D eigenvalue weighted by Gasteiger charge is -2.33. The SMILES string of the molecule is COc1cccc(C2CN(C(C)=O)CCN2)c1. The van der Waals surface area contributed by atoms with Crippen molar-refractivity contribution in [3.8, 4) is 5.75 Å². The highest BCUT2D eigenvalue weighted by molar-refractivity contribution is 5.73. The van der Waals surface area contributed by atoms with Crippen LogP contribution in [0.25, 0.3) is 0 Å². The first-order valence-corrected chi connectivity index (χ1v) is 5.83. The zero-order valence-corrected chi connectivity index (χ0v) is 10.3. The van der Waals surface area contributed by atoms with E-state index in [0.717, 1.165) is 30.9 Å². The van der Waals surface area contributed by atoms with Crippen LogP contribution in [0.3, 0.4) is 0 Å². The number of carbonyl (C=O) groups is 1. The highest BCUT2D eigenvalue weighted by Crippen LogP contribution is 2.21. The van der Waals surface area contributed by atoms with E-state index in [2.05, 4.69) is 11.4 Å². The third-order valence-corrected chi connectivity index (χ3v) is 3.12. The first-order valence-electron chi connectivity index (χ1n) is 5.83. The molecule has 0 bridgehead atoms. The van der Waals surface area contributed by atoms with Gasteiger partial charge in [-0.05, 0) is 17.7 Å². The van der Waals surface area contributed by atoms with Crippen LogP contribution in [0.15, 0.2) is 24.3 Å². The minimum absolute atomic E-state index is 0.138. The van der Waals surface area contributed by atoms with Crippen molar-refractivity contribution < 1.29 is 9.53 Å². The highest BCUT2D eigenvalue weighted by Gasteiger charge is 2.22. The van der Waals surface area contributed by atoms with Crippen molar-refractivity contribution in [2.75, 3.05) is 26.7 Å². The second-order valence-electron chi connectivity index (χ2n) is 4.25. The van der Waals surface area contributed by atoms with Crippen molar-refractivity contribution in [2.24, 2.45) is 0 Å². The summed E-state index contributed by atoms with van der Waals surface area (Å²) >= 11 is 0. The maximum atomic E-state index is 11.4. The Balaban J connectivity index is 2.13. The minimum Gasteiger partial charge on any atom is -0.497 e. The Morgan fingerprint density at radius 3 is 3.06 bits per heavy atom. The number of nitrogens with zero attached hydrogens (tertiary/aromatic N) is 1. The Bertz CT molecular complexity index is 406. The standard InChI is InChI=1S/C13H18N2O2/c1-10(16)15-7-6-14-13(9-15)11-4-3-5-12(8-11)17-2/h3-5,8,13-14H,6-7,9H2,1-2H3. The van der Waals surface area contributed by atoms with E-state index in [1.165, 1.54) is 0 Å². The second-order valence-corrected chi connectivity index (χ2v) is 4.25. The number of methoxy groups -OCH3 is 1. The third-order valence-electron chi connectivity index (χ3n) is 3.12. The molecule has 0 aliphatic carbocycles. The van der Waals surface area contributed by atoms with Crippen molar-refractivity contribution >= 4 is 5.91 Å². The van der Waals surface area contributed by atoms with E-state index in [9.17, 15) is 4.79 Å². The van der Waals surface area contributed by atoms with Crippen LogP contribution >= 0.6 is 0 Å². The van der Waals surface area contributed by atoms with Crippen LogP contribution in [0.4, 0.5) is 0 Å². The molecule has 1 atom stereocenters. The van der Waals surface area contributed by atoms with E-state index in [1.54, 1.807) is 14.0 Å². The summed E-state index contributed by atoms with van der Waals surface area (Å²) in [6.07, 6.45) is 0. The van der Waals surface area contributed by atoms with E-state index in [4.69, 9.17) is 4.74 Å². The Kier molecular flexibility index (Phi) is 3.64. The number of hydrogen-bond acceptors (Lipinski definition) is 3. The molecule has 1 aromatic carbocycles. The summed E-state index contributed by atoms with van der Waals surface area (Å²) in [6, 6.07) is 8.17. The van der Waals surface area contributed by atoms with E-state index in [0.29, 0.717) is 0 Å². The quantitative estimate of drug-likeness (QED) is 0.835. The second kappa shape index (κ2) is 5.19. The number of benzene rings is 1. The zero-order valence-electron chi connectivity index (χ0n) is 10.3. The molecule has 1 amide bonds. The first-order chi connectivity index (χ1) is 8.20. The fourth-order valence-electron chi connectivity index (χ4n) is 2.12. The predicted molar refractivity (Wildman–Crippen MR) is 66.0 cm³/mol. The molecular weight excluding hydrogens is 216 g/mol. The van der Waals surface area contributed by atoms with Crippen molar-refractivity contribution in [1.82, 2.24) is 10.2 Å². The highest BCUT2D eigenvalue weighted by atomic mass is 16.5. The largest absolute Gasteiger partial charge is 0.497 e. The summed E-state index contributed by atoms with van der Waals surface area (Å²) in [6.45, 7) is 3.97. The van der Waals surface area contributed by atoms with Crippen LogP contribution in [-0.4, -0.2) is 37.6 Å². The third kappa shape index (κ3) is 2.77. The van der Waals surface area contributed by atoms with E-state index in [-0.39, 0.29) is 11.9 Å². The molecule has 1 N–H and O–H groups in total. The van der Waals surface area contributed by atoms with Crippen LogP contribution in [-0.2, 0) is 4.79 Å². The number of nitrogens with one attached hydrogen (secondary N) is 1. The molecule has 0 radical (unpaired) electrons. The van der Waals surface area contributed by atoms with E-state index in [1.807, 2.05) is 23.1 Å². The number of ether oxygens (including phenoxy) is 1. The van der Waals surface area contributed by atoms with Gasteiger partial charge in [0, 0.05) is 26.6 Å². The monoisotopic (exact) mass is 234 g/mol. The number of rotatable bonds is 2. The maximum absolute atomic E-state index is 11.4. The van der Waals surface area contributed by atoms with Crippen LogP contribution in [0, 0.1) is 0 Å². The lowest BCUT2D eigenvalue weighted by Crippen LogP contribution is -2.47. The lowest BCUT2D eigenvalue weighted by atomic mass is 10.0. The molecule has 4 nitrogen and oxygen atoms in total. The van der Waals surface area contributed by atoms with Gasteiger partial charge in [0.2, 0.25) is 5.91 Å². The first kappa shape index (κ1) is 11.9. The summed E-state index contributed by atoms with van der Waals surface area (Å²) in [5, 5.41) is 3.42. The van der Waals surface area contributed by atoms with Gasteiger partial charge in [-0.2, -0.15) is 0 Å². The van der Waals surface area contributed by atoms with Crippen molar-refractivity contribution in [3.63, 3.8) is 0 Å². The van der Waals surface area contributed by atoms with Gasteiger partial charge in [-0.1, -0.05) is 12.1 Å². The lowest BCUT2D eigenvalue weighted by molar-refractivity contribution is -0.130. The fourth-order valence-corrected chi connectivity index (χ4v) is 2.12. The predicted octanol–water partition coefficient (Wildman–Crippen LogP) is 1.19. The van der Waals surface area contributed by atoms with Gasteiger partial charge in [0.05, 0.1) is 13.2 Å². The maximum Gasteiger partial charge on any atom is 0.219 e. The van der Waals surface area contributed by atoms with Gasteiger partial charge in [-0.3, -0.25) is 4.79 Å². The van der Waals surface area contributed by atoms with Crippen molar-refractivity contribution in [3.05, 3.63) is 29.8 Å². The van der Waals surface area contributed by atoms with Gasteiger partial charge in [0.1, 0.15) is 5.75 Å². The molecule has 17 heavy (non-hydrogen) atoms. The number of piperazine rings is 1. The van der Waals surface area contributed by atoms with Gasteiger partial charge < -0.3 is 15.0 Å². The van der Waals surface area contributed by atoms with E-state index < -0.39 is 0 Å². The fraction of sp³-hybridized carbons (Fsp3) is 0.462.